The Kier molecular flexibility index (Phi) is 8.37. The van der Waals surface area contributed by atoms with Gasteiger partial charge in [0.1, 0.15) is 12.3 Å². The number of aliphatic hydroxyl groups excluding tert-OH is 1. The molecule has 1 atom stereocenters. The van der Waals surface area contributed by atoms with Crippen molar-refractivity contribution in [3.63, 3.8) is 0 Å². The highest BCUT2D eigenvalue weighted by atomic mass is 16.6. The van der Waals surface area contributed by atoms with Gasteiger partial charge in [0.15, 0.2) is 11.2 Å². The summed E-state index contributed by atoms with van der Waals surface area (Å²) in [7, 11) is 0. The molecule has 0 bridgehead atoms. The molecule has 0 spiro atoms. The van der Waals surface area contributed by atoms with E-state index in [9.17, 15) is 25.1 Å². The number of rotatable bonds is 12. The van der Waals surface area contributed by atoms with Gasteiger partial charge in [0, 0.05) is 18.7 Å². The Morgan fingerprint density at radius 1 is 1.22 bits per heavy atom. The Morgan fingerprint density at radius 2 is 1.92 bits per heavy atom. The average molecular weight is 503 g/mol. The van der Waals surface area contributed by atoms with Crippen molar-refractivity contribution in [3.05, 3.63) is 40.7 Å². The molecule has 13 heteroatoms. The Morgan fingerprint density at radius 3 is 2.50 bits per heavy atom. The SMILES string of the molecule is CCCCCN(c1nc(Oc2ccc([N+](=O)[O-])cc2)c2ncn(CC(=O)O)c2n1)C(O)OC(C)(C)C. The van der Waals surface area contributed by atoms with Crippen LogP contribution in [0, 0.1) is 10.1 Å². The number of carbonyl (C=O) groups is 1. The molecule has 2 N–H and O–H groups in total. The van der Waals surface area contributed by atoms with Gasteiger partial charge in [0.05, 0.1) is 16.9 Å². The zero-order valence-electron chi connectivity index (χ0n) is 20.6. The molecule has 1 aromatic carbocycles. The van der Waals surface area contributed by atoms with Gasteiger partial charge in [-0.1, -0.05) is 19.8 Å². The number of anilines is 1. The van der Waals surface area contributed by atoms with Crippen LogP contribution < -0.4 is 9.64 Å². The number of hydrogen-bond acceptors (Lipinski definition) is 10. The zero-order valence-corrected chi connectivity index (χ0v) is 20.6. The van der Waals surface area contributed by atoms with Gasteiger partial charge in [-0.25, -0.2) is 4.98 Å². The molecule has 0 aliphatic rings. The fourth-order valence-corrected chi connectivity index (χ4v) is 3.34. The maximum Gasteiger partial charge on any atom is 0.323 e. The molecular weight excluding hydrogens is 472 g/mol. The van der Waals surface area contributed by atoms with Crippen molar-refractivity contribution in [1.29, 1.82) is 0 Å². The lowest BCUT2D eigenvalue weighted by Gasteiger charge is -2.32. The van der Waals surface area contributed by atoms with Crippen molar-refractivity contribution in [2.24, 2.45) is 0 Å². The predicted molar refractivity (Wildman–Crippen MR) is 130 cm³/mol. The second-order valence-electron chi connectivity index (χ2n) is 9.08. The van der Waals surface area contributed by atoms with Crippen LogP contribution >= 0.6 is 0 Å². The molecule has 36 heavy (non-hydrogen) atoms. The minimum atomic E-state index is -1.39. The van der Waals surface area contributed by atoms with Gasteiger partial charge < -0.3 is 24.3 Å². The number of ether oxygens (including phenoxy) is 2. The maximum absolute atomic E-state index is 11.4. The Balaban J connectivity index is 2.09. The first-order valence-corrected chi connectivity index (χ1v) is 11.5. The summed E-state index contributed by atoms with van der Waals surface area (Å²) in [4.78, 5) is 36.5. The van der Waals surface area contributed by atoms with E-state index >= 15 is 0 Å². The van der Waals surface area contributed by atoms with Crippen LogP contribution in [0.2, 0.25) is 0 Å². The van der Waals surface area contributed by atoms with Gasteiger partial charge in [0.25, 0.3) is 11.6 Å². The van der Waals surface area contributed by atoms with E-state index in [-0.39, 0.29) is 34.4 Å². The van der Waals surface area contributed by atoms with Gasteiger partial charge in [0.2, 0.25) is 12.4 Å². The summed E-state index contributed by atoms with van der Waals surface area (Å²) in [6.07, 6.45) is 2.48. The third-order valence-corrected chi connectivity index (χ3v) is 4.97. The molecule has 194 valence electrons. The van der Waals surface area contributed by atoms with E-state index in [0.717, 1.165) is 19.3 Å². The summed E-state index contributed by atoms with van der Waals surface area (Å²) >= 11 is 0. The first-order chi connectivity index (χ1) is 17.0. The van der Waals surface area contributed by atoms with Crippen molar-refractivity contribution in [3.8, 4) is 11.6 Å². The Bertz CT molecular complexity index is 1210. The molecule has 3 rings (SSSR count). The van der Waals surface area contributed by atoms with Crippen molar-refractivity contribution in [1.82, 2.24) is 19.5 Å². The highest BCUT2D eigenvalue weighted by Crippen LogP contribution is 2.30. The van der Waals surface area contributed by atoms with E-state index < -0.39 is 29.5 Å². The van der Waals surface area contributed by atoms with Crippen molar-refractivity contribution in [2.75, 3.05) is 11.4 Å². The number of nitrogens with zero attached hydrogens (tertiary/aromatic N) is 6. The molecule has 13 nitrogen and oxygen atoms in total. The minimum Gasteiger partial charge on any atom is -0.480 e. The van der Waals surface area contributed by atoms with Crippen LogP contribution in [0.5, 0.6) is 11.6 Å². The van der Waals surface area contributed by atoms with Gasteiger partial charge in [-0.05, 0) is 39.3 Å². The molecule has 3 aromatic rings. The maximum atomic E-state index is 11.4. The van der Waals surface area contributed by atoms with Gasteiger partial charge in [-0.15, -0.1) is 0 Å². The Labute approximate surface area is 207 Å². The molecule has 0 aliphatic heterocycles. The fourth-order valence-electron chi connectivity index (χ4n) is 3.34. The molecule has 2 heterocycles. The molecule has 0 amide bonds. The largest absolute Gasteiger partial charge is 0.480 e. The number of aromatic nitrogens is 4. The number of unbranched alkanes of at least 4 members (excludes halogenated alkanes) is 2. The number of carboxylic acid groups (broad SMARTS) is 1. The van der Waals surface area contributed by atoms with Crippen LogP contribution in [-0.4, -0.2) is 59.2 Å². The third-order valence-electron chi connectivity index (χ3n) is 4.97. The summed E-state index contributed by atoms with van der Waals surface area (Å²) in [6.45, 7) is 7.41. The number of fused-ring (bicyclic) bond motifs is 1. The summed E-state index contributed by atoms with van der Waals surface area (Å²) in [5.41, 5.74) is -0.401. The molecule has 1 unspecified atom stereocenters. The van der Waals surface area contributed by atoms with E-state index in [4.69, 9.17) is 9.47 Å². The molecule has 0 radical (unpaired) electrons. The van der Waals surface area contributed by atoms with E-state index in [1.807, 2.05) is 0 Å². The monoisotopic (exact) mass is 502 g/mol. The molecule has 2 aromatic heterocycles. The minimum absolute atomic E-state index is 0.00329. The van der Waals surface area contributed by atoms with Gasteiger partial charge >= 0.3 is 5.97 Å². The molecule has 0 saturated carbocycles. The number of hydrogen-bond donors (Lipinski definition) is 2. The van der Waals surface area contributed by atoms with Gasteiger partial charge in [-0.2, -0.15) is 9.97 Å². The number of nitro benzene ring substituents is 1. The summed E-state index contributed by atoms with van der Waals surface area (Å²) in [6, 6.07) is 5.40. The van der Waals surface area contributed by atoms with Crippen LogP contribution in [0.1, 0.15) is 47.0 Å². The number of imidazole rings is 1. The first kappa shape index (κ1) is 26.8. The first-order valence-electron chi connectivity index (χ1n) is 11.5. The van der Waals surface area contributed by atoms with Crippen LogP contribution in [0.15, 0.2) is 30.6 Å². The summed E-state index contributed by atoms with van der Waals surface area (Å²) in [5, 5.41) is 31.2. The lowest BCUT2D eigenvalue weighted by molar-refractivity contribution is -0.384. The second-order valence-corrected chi connectivity index (χ2v) is 9.08. The normalized spacial score (nSPS) is 12.5. The van der Waals surface area contributed by atoms with E-state index in [0.29, 0.717) is 6.54 Å². The highest BCUT2D eigenvalue weighted by molar-refractivity contribution is 5.80. The van der Waals surface area contributed by atoms with Crippen LogP contribution in [0.25, 0.3) is 11.2 Å². The van der Waals surface area contributed by atoms with Crippen molar-refractivity contribution >= 4 is 28.8 Å². The standard InChI is InChI=1S/C23H30N6O7/c1-5-6-7-12-28(22(32)36-23(2,3)4)21-25-19-18(24-14-27(19)13-17(30)31)20(26-21)35-16-10-8-15(9-11-16)29(33)34/h8-11,14,22,32H,5-7,12-13H2,1-4H3,(H,30,31). The number of aliphatic carboxylic acids is 1. The Hall–Kier alpha value is -3.84. The van der Waals surface area contributed by atoms with Crippen LogP contribution in [-0.2, 0) is 16.1 Å². The number of nitro groups is 1. The molecular formula is C23H30N6O7. The zero-order chi connectivity index (χ0) is 26.5. The van der Waals surface area contributed by atoms with E-state index in [2.05, 4.69) is 21.9 Å². The van der Waals surface area contributed by atoms with E-state index in [1.165, 1.54) is 40.1 Å². The number of carboxylic acids is 1. The smallest absolute Gasteiger partial charge is 0.323 e. The predicted octanol–water partition coefficient (Wildman–Crippen LogP) is 3.70. The second kappa shape index (κ2) is 11.3. The third kappa shape index (κ3) is 6.86. The fraction of sp³-hybridized carbons (Fsp3) is 0.478. The quantitative estimate of drug-likeness (QED) is 0.160. The summed E-state index contributed by atoms with van der Waals surface area (Å²) < 4.78 is 13.0. The van der Waals surface area contributed by atoms with Crippen molar-refractivity contribution in [2.45, 2.75) is 65.5 Å². The van der Waals surface area contributed by atoms with E-state index in [1.54, 1.807) is 20.8 Å². The number of non-ortho nitro benzene ring substituents is 1. The number of benzene rings is 1. The molecule has 0 fully saturated rings. The average Bonchev–Trinajstić information content (AvgIpc) is 3.18. The van der Waals surface area contributed by atoms with Crippen LogP contribution in [0.3, 0.4) is 0 Å². The molecule has 0 saturated heterocycles. The lowest BCUT2D eigenvalue weighted by Crippen LogP contribution is -2.43. The highest BCUT2D eigenvalue weighted by Gasteiger charge is 2.27. The topological polar surface area (TPSA) is 166 Å². The lowest BCUT2D eigenvalue weighted by atomic mass is 10.2. The molecule has 0 aliphatic carbocycles. The summed E-state index contributed by atoms with van der Waals surface area (Å²) in [5.74, 6) is -0.789. The van der Waals surface area contributed by atoms with Gasteiger partial charge in [-0.3, -0.25) is 19.8 Å². The van der Waals surface area contributed by atoms with Crippen LogP contribution in [0.4, 0.5) is 11.6 Å². The van der Waals surface area contributed by atoms with Crippen molar-refractivity contribution < 1.29 is 29.4 Å². The number of aliphatic hydroxyl groups is 1.